The van der Waals surface area contributed by atoms with E-state index in [0.29, 0.717) is 30.3 Å². The van der Waals surface area contributed by atoms with Gasteiger partial charge in [0.15, 0.2) is 0 Å². The highest BCUT2D eigenvalue weighted by molar-refractivity contribution is 5.96. The Morgan fingerprint density at radius 2 is 2.00 bits per heavy atom. The summed E-state index contributed by atoms with van der Waals surface area (Å²) in [5, 5.41) is 9.31. The first kappa shape index (κ1) is 19.9. The zero-order chi connectivity index (χ0) is 20.5. The molecule has 0 aromatic heterocycles. The Balaban J connectivity index is 1.70. The summed E-state index contributed by atoms with van der Waals surface area (Å²) in [4.78, 5) is 17.7. The number of likely N-dealkylation sites (tertiary alicyclic amines) is 2. The number of β-amino-alcohol motifs (C(OH)–C–C–N with tert-alkyl or cyclic N) is 1. The Morgan fingerprint density at radius 1 is 1.21 bits per heavy atom. The minimum Gasteiger partial charge on any atom is -0.496 e. The molecule has 2 heterocycles. The molecule has 1 N–H and O–H groups in total. The number of fused-ring (bicyclic) bond motifs is 1. The van der Waals surface area contributed by atoms with Gasteiger partial charge in [-0.1, -0.05) is 18.2 Å². The van der Waals surface area contributed by atoms with E-state index in [0.717, 1.165) is 24.2 Å². The smallest absolute Gasteiger partial charge is 0.254 e. The van der Waals surface area contributed by atoms with Gasteiger partial charge in [-0.3, -0.25) is 4.79 Å². The van der Waals surface area contributed by atoms with Gasteiger partial charge in [0.1, 0.15) is 11.6 Å². The topological polar surface area (TPSA) is 53.0 Å². The largest absolute Gasteiger partial charge is 0.496 e. The van der Waals surface area contributed by atoms with E-state index in [1.165, 1.54) is 6.07 Å². The quantitative estimate of drug-likeness (QED) is 0.842. The number of hydrogen-bond donors (Lipinski definition) is 1. The predicted molar refractivity (Wildman–Crippen MR) is 108 cm³/mol. The highest BCUT2D eigenvalue weighted by Gasteiger charge is 2.49. The first-order valence-corrected chi connectivity index (χ1v) is 10.1. The van der Waals surface area contributed by atoms with Crippen molar-refractivity contribution in [1.29, 1.82) is 0 Å². The van der Waals surface area contributed by atoms with E-state index in [9.17, 15) is 14.3 Å². The van der Waals surface area contributed by atoms with Crippen LogP contribution in [0.15, 0.2) is 42.5 Å². The predicted octanol–water partition coefficient (Wildman–Crippen LogP) is 2.88. The van der Waals surface area contributed by atoms with Gasteiger partial charge in [-0.25, -0.2) is 4.39 Å². The minimum atomic E-state index is -0.291. The monoisotopic (exact) mass is 398 g/mol. The SMILES string of the molecule is COc1cccc(C(=O)N2C[C@@H]3CN(CCO)C[C@@H]3[C@@H]2c2cccc(F)c2)c1C. The Bertz CT molecular complexity index is 903. The number of hydrogen-bond acceptors (Lipinski definition) is 4. The van der Waals surface area contributed by atoms with Crippen LogP contribution in [-0.2, 0) is 0 Å². The maximum absolute atomic E-state index is 14.0. The first-order chi connectivity index (χ1) is 14.0. The zero-order valence-corrected chi connectivity index (χ0v) is 16.8. The highest BCUT2D eigenvalue weighted by Crippen LogP contribution is 2.45. The van der Waals surface area contributed by atoms with E-state index in [-0.39, 0.29) is 30.3 Å². The van der Waals surface area contributed by atoms with Crippen molar-refractivity contribution in [3.05, 3.63) is 65.0 Å². The molecular formula is C23H27FN2O3. The molecule has 0 radical (unpaired) electrons. The Labute approximate surface area is 170 Å². The van der Waals surface area contributed by atoms with Gasteiger partial charge in [-0.2, -0.15) is 0 Å². The first-order valence-electron chi connectivity index (χ1n) is 10.1. The summed E-state index contributed by atoms with van der Waals surface area (Å²) in [6, 6.07) is 11.9. The molecule has 29 heavy (non-hydrogen) atoms. The van der Waals surface area contributed by atoms with Crippen LogP contribution >= 0.6 is 0 Å². The van der Waals surface area contributed by atoms with E-state index in [4.69, 9.17) is 4.74 Å². The molecule has 2 aliphatic rings. The van der Waals surface area contributed by atoms with E-state index in [1.807, 2.05) is 36.1 Å². The van der Waals surface area contributed by atoms with Crippen LogP contribution in [0, 0.1) is 24.6 Å². The van der Waals surface area contributed by atoms with Gasteiger partial charge in [0, 0.05) is 43.2 Å². The number of aliphatic hydroxyl groups is 1. The molecule has 2 saturated heterocycles. The minimum absolute atomic E-state index is 0.0428. The van der Waals surface area contributed by atoms with Crippen LogP contribution in [0.1, 0.15) is 27.5 Å². The third-order valence-corrected chi connectivity index (χ3v) is 6.34. The van der Waals surface area contributed by atoms with E-state index < -0.39 is 0 Å². The molecule has 0 unspecified atom stereocenters. The highest BCUT2D eigenvalue weighted by atomic mass is 19.1. The van der Waals surface area contributed by atoms with E-state index >= 15 is 0 Å². The molecule has 2 aliphatic heterocycles. The van der Waals surface area contributed by atoms with Gasteiger partial charge in [0.25, 0.3) is 5.91 Å². The molecule has 0 saturated carbocycles. The number of benzene rings is 2. The molecule has 2 aromatic carbocycles. The van der Waals surface area contributed by atoms with Crippen LogP contribution in [0.2, 0.25) is 0 Å². The second-order valence-corrected chi connectivity index (χ2v) is 8.00. The number of amides is 1. The summed E-state index contributed by atoms with van der Waals surface area (Å²) in [6.45, 7) is 4.92. The molecule has 154 valence electrons. The average Bonchev–Trinajstić information content (AvgIpc) is 3.25. The maximum atomic E-state index is 14.0. The summed E-state index contributed by atoms with van der Waals surface area (Å²) in [5.74, 6) is 0.884. The van der Waals surface area contributed by atoms with Crippen molar-refractivity contribution in [2.24, 2.45) is 11.8 Å². The van der Waals surface area contributed by atoms with Crippen LogP contribution in [0.5, 0.6) is 5.75 Å². The lowest BCUT2D eigenvalue weighted by molar-refractivity contribution is 0.0696. The molecule has 4 rings (SSSR count). The summed E-state index contributed by atoms with van der Waals surface area (Å²) in [5.41, 5.74) is 2.27. The molecule has 0 spiro atoms. The standard InChI is InChI=1S/C23H27FN2O3/c1-15-19(7-4-8-21(15)29-2)23(28)26-13-17-12-25(9-10-27)14-20(17)22(26)16-5-3-6-18(24)11-16/h3-8,11,17,20,22,27H,9-10,12-14H2,1-2H3/t17-,20-,22-/m0/s1. The molecular weight excluding hydrogens is 371 g/mol. The van der Waals surface area contributed by atoms with E-state index in [1.54, 1.807) is 19.2 Å². The van der Waals surface area contributed by atoms with Crippen LogP contribution in [0.3, 0.4) is 0 Å². The number of rotatable bonds is 5. The molecule has 0 aliphatic carbocycles. The summed E-state index contributed by atoms with van der Waals surface area (Å²) < 4.78 is 19.4. The van der Waals surface area contributed by atoms with Gasteiger partial charge in [0.05, 0.1) is 19.8 Å². The van der Waals surface area contributed by atoms with Crippen molar-refractivity contribution in [3.63, 3.8) is 0 Å². The summed E-state index contributed by atoms with van der Waals surface area (Å²) in [7, 11) is 1.60. The van der Waals surface area contributed by atoms with Crippen molar-refractivity contribution in [1.82, 2.24) is 9.80 Å². The van der Waals surface area contributed by atoms with Gasteiger partial charge in [-0.05, 0) is 42.7 Å². The summed E-state index contributed by atoms with van der Waals surface area (Å²) in [6.07, 6.45) is 0. The van der Waals surface area contributed by atoms with Crippen molar-refractivity contribution < 1.29 is 19.0 Å². The second-order valence-electron chi connectivity index (χ2n) is 8.00. The maximum Gasteiger partial charge on any atom is 0.254 e. The van der Waals surface area contributed by atoms with Crippen LogP contribution in [-0.4, -0.2) is 60.7 Å². The number of halogens is 1. The molecule has 0 bridgehead atoms. The van der Waals surface area contributed by atoms with Crippen molar-refractivity contribution in [2.45, 2.75) is 13.0 Å². The molecule has 2 aromatic rings. The zero-order valence-electron chi connectivity index (χ0n) is 16.8. The van der Waals surface area contributed by atoms with E-state index in [2.05, 4.69) is 4.90 Å². The lowest BCUT2D eigenvalue weighted by atomic mass is 9.89. The molecule has 1 amide bonds. The number of carbonyl (C=O) groups excluding carboxylic acids is 1. The normalized spacial score (nSPS) is 24.0. The van der Waals surface area contributed by atoms with Crippen LogP contribution in [0.25, 0.3) is 0 Å². The van der Waals surface area contributed by atoms with Gasteiger partial charge in [0.2, 0.25) is 0 Å². The Hall–Kier alpha value is -2.44. The fraction of sp³-hybridized carbons (Fsp3) is 0.435. The fourth-order valence-corrected chi connectivity index (χ4v) is 5.01. The van der Waals surface area contributed by atoms with Crippen molar-refractivity contribution in [3.8, 4) is 5.75 Å². The molecule has 6 heteroatoms. The Morgan fingerprint density at radius 3 is 2.72 bits per heavy atom. The van der Waals surface area contributed by atoms with Gasteiger partial charge < -0.3 is 19.6 Å². The van der Waals surface area contributed by atoms with Crippen LogP contribution in [0.4, 0.5) is 4.39 Å². The molecule has 5 nitrogen and oxygen atoms in total. The van der Waals surface area contributed by atoms with Gasteiger partial charge in [-0.15, -0.1) is 0 Å². The third kappa shape index (κ3) is 3.63. The number of methoxy groups -OCH3 is 1. The lowest BCUT2D eigenvalue weighted by Crippen LogP contribution is -2.36. The number of nitrogens with zero attached hydrogens (tertiary/aromatic N) is 2. The van der Waals surface area contributed by atoms with Crippen molar-refractivity contribution in [2.75, 3.05) is 39.9 Å². The number of carbonyl (C=O) groups is 1. The van der Waals surface area contributed by atoms with Gasteiger partial charge >= 0.3 is 0 Å². The molecule has 2 fully saturated rings. The van der Waals surface area contributed by atoms with Crippen molar-refractivity contribution >= 4 is 5.91 Å². The second kappa shape index (κ2) is 8.13. The fourth-order valence-electron chi connectivity index (χ4n) is 5.01. The molecule has 3 atom stereocenters. The average molecular weight is 398 g/mol. The number of aliphatic hydroxyl groups excluding tert-OH is 1. The lowest BCUT2D eigenvalue weighted by Gasteiger charge is -2.30. The van der Waals surface area contributed by atoms with Crippen LogP contribution < -0.4 is 4.74 Å². The summed E-state index contributed by atoms with van der Waals surface area (Å²) >= 11 is 0. The number of ether oxygens (including phenoxy) is 1. The third-order valence-electron chi connectivity index (χ3n) is 6.34. The Kier molecular flexibility index (Phi) is 5.56.